The molecule has 8 nitrogen and oxygen atoms in total. The normalized spacial score (nSPS) is 22.9. The molecule has 1 saturated heterocycles. The number of amides is 3. The molecule has 23 heavy (non-hydrogen) atoms. The van der Waals surface area contributed by atoms with Gasteiger partial charge in [0, 0.05) is 6.07 Å². The maximum absolute atomic E-state index is 12.3. The number of nitrogens with one attached hydrogen (secondary N) is 1. The standard InChI is InChI=1S/C15H13N3O5/c19-13(11-7-3-4-8-12(11)18(22)23)16-17-14(20)9-5-1-2-6-10(9)15(17)21/h1-4,7-10H,5-6H2,(H,16,19)/t9-,10-/m1/s1. The Balaban J connectivity index is 1.83. The number of nitro groups is 1. The van der Waals surface area contributed by atoms with Crippen LogP contribution >= 0.6 is 0 Å². The summed E-state index contributed by atoms with van der Waals surface area (Å²) in [5, 5.41) is 11.7. The number of carbonyl (C=O) groups excluding carboxylic acids is 3. The zero-order valence-electron chi connectivity index (χ0n) is 12.0. The number of para-hydroxylation sites is 1. The van der Waals surface area contributed by atoms with Crippen LogP contribution in [0.25, 0.3) is 0 Å². The number of hydrogen-bond donors (Lipinski definition) is 1. The van der Waals surface area contributed by atoms with Gasteiger partial charge in [-0.1, -0.05) is 24.3 Å². The number of fused-ring (bicyclic) bond motifs is 1. The quantitative estimate of drug-likeness (QED) is 0.390. The third kappa shape index (κ3) is 2.48. The van der Waals surface area contributed by atoms with Gasteiger partial charge in [0.15, 0.2) is 0 Å². The van der Waals surface area contributed by atoms with E-state index in [9.17, 15) is 24.5 Å². The maximum atomic E-state index is 12.3. The van der Waals surface area contributed by atoms with Crippen molar-refractivity contribution < 1.29 is 19.3 Å². The first kappa shape index (κ1) is 14.9. The van der Waals surface area contributed by atoms with Gasteiger partial charge in [0.25, 0.3) is 23.4 Å². The topological polar surface area (TPSA) is 110 Å². The molecule has 0 spiro atoms. The number of rotatable bonds is 3. The lowest BCUT2D eigenvalue weighted by atomic mass is 9.85. The molecule has 0 aromatic heterocycles. The Hall–Kier alpha value is -3.03. The molecular weight excluding hydrogens is 302 g/mol. The van der Waals surface area contributed by atoms with Gasteiger partial charge < -0.3 is 0 Å². The van der Waals surface area contributed by atoms with Crippen LogP contribution in [0.3, 0.4) is 0 Å². The molecule has 2 aliphatic rings. The SMILES string of the molecule is O=C(NN1C(=O)[C@@H]2CC=CC[C@H]2C1=O)c1ccccc1[N+](=O)[O-]. The predicted molar refractivity (Wildman–Crippen MR) is 77.8 cm³/mol. The fraction of sp³-hybridized carbons (Fsp3) is 0.267. The molecule has 8 heteroatoms. The summed E-state index contributed by atoms with van der Waals surface area (Å²) in [6.45, 7) is 0. The van der Waals surface area contributed by atoms with Gasteiger partial charge in [-0.15, -0.1) is 0 Å². The highest BCUT2D eigenvalue weighted by Crippen LogP contribution is 2.34. The molecule has 3 amide bonds. The molecule has 3 rings (SSSR count). The Kier molecular flexibility index (Phi) is 3.65. The molecule has 1 aliphatic heterocycles. The number of benzene rings is 1. The molecule has 1 N–H and O–H groups in total. The largest absolute Gasteiger partial charge is 0.282 e. The molecular formula is C15H13N3O5. The first-order valence-corrected chi connectivity index (χ1v) is 7.08. The molecule has 0 bridgehead atoms. The minimum Gasteiger partial charge on any atom is -0.272 e. The third-order valence-corrected chi connectivity index (χ3v) is 4.07. The Morgan fingerprint density at radius 3 is 2.26 bits per heavy atom. The molecule has 0 radical (unpaired) electrons. The molecule has 1 fully saturated rings. The Labute approximate surface area is 130 Å². The van der Waals surface area contributed by atoms with Crippen LogP contribution in [-0.4, -0.2) is 27.7 Å². The average Bonchev–Trinajstić information content (AvgIpc) is 2.80. The van der Waals surface area contributed by atoms with Gasteiger partial charge >= 0.3 is 0 Å². The van der Waals surface area contributed by atoms with Gasteiger partial charge in [-0.2, -0.15) is 5.01 Å². The minimum absolute atomic E-state index is 0.203. The second-order valence-corrected chi connectivity index (χ2v) is 5.38. The van der Waals surface area contributed by atoms with Crippen LogP contribution in [0.4, 0.5) is 5.69 Å². The van der Waals surface area contributed by atoms with Crippen molar-refractivity contribution in [2.24, 2.45) is 11.8 Å². The second-order valence-electron chi connectivity index (χ2n) is 5.38. The van der Waals surface area contributed by atoms with Gasteiger partial charge in [-0.25, -0.2) is 0 Å². The van der Waals surface area contributed by atoms with Crippen LogP contribution in [0, 0.1) is 22.0 Å². The van der Waals surface area contributed by atoms with E-state index in [1.54, 1.807) is 0 Å². The van der Waals surface area contributed by atoms with E-state index in [1.165, 1.54) is 24.3 Å². The summed E-state index contributed by atoms with van der Waals surface area (Å²) in [4.78, 5) is 47.0. The number of allylic oxidation sites excluding steroid dienone is 2. The van der Waals surface area contributed by atoms with Gasteiger partial charge in [-0.05, 0) is 18.9 Å². The van der Waals surface area contributed by atoms with E-state index in [1.807, 2.05) is 12.2 Å². The van der Waals surface area contributed by atoms with Crippen LogP contribution in [0.5, 0.6) is 0 Å². The Morgan fingerprint density at radius 2 is 1.70 bits per heavy atom. The summed E-state index contributed by atoms with van der Waals surface area (Å²) < 4.78 is 0. The third-order valence-electron chi connectivity index (χ3n) is 4.07. The van der Waals surface area contributed by atoms with Crippen molar-refractivity contribution in [1.29, 1.82) is 0 Å². The summed E-state index contributed by atoms with van der Waals surface area (Å²) in [5.74, 6) is -2.75. The molecule has 118 valence electrons. The first-order chi connectivity index (χ1) is 11.0. The molecule has 1 aromatic rings. The second kappa shape index (κ2) is 5.64. The van der Waals surface area contributed by atoms with Crippen molar-refractivity contribution in [3.8, 4) is 0 Å². The minimum atomic E-state index is -0.856. The van der Waals surface area contributed by atoms with Gasteiger partial charge in [0.1, 0.15) is 5.56 Å². The van der Waals surface area contributed by atoms with E-state index in [0.29, 0.717) is 17.9 Å². The zero-order valence-corrected chi connectivity index (χ0v) is 12.0. The fourth-order valence-corrected chi connectivity index (χ4v) is 2.90. The van der Waals surface area contributed by atoms with Crippen molar-refractivity contribution in [1.82, 2.24) is 10.4 Å². The van der Waals surface area contributed by atoms with E-state index < -0.39 is 34.5 Å². The van der Waals surface area contributed by atoms with Crippen LogP contribution in [0.15, 0.2) is 36.4 Å². The summed E-state index contributed by atoms with van der Waals surface area (Å²) >= 11 is 0. The molecule has 1 heterocycles. The summed E-state index contributed by atoms with van der Waals surface area (Å²) in [7, 11) is 0. The lowest BCUT2D eigenvalue weighted by Crippen LogP contribution is -2.46. The number of nitrogens with zero attached hydrogens (tertiary/aromatic N) is 2. The van der Waals surface area contributed by atoms with Crippen LogP contribution in [-0.2, 0) is 9.59 Å². The van der Waals surface area contributed by atoms with Crippen molar-refractivity contribution in [3.05, 3.63) is 52.1 Å². The first-order valence-electron chi connectivity index (χ1n) is 7.08. The summed E-state index contributed by atoms with van der Waals surface area (Å²) in [5.41, 5.74) is 1.62. The lowest BCUT2D eigenvalue weighted by molar-refractivity contribution is -0.385. The van der Waals surface area contributed by atoms with Gasteiger partial charge in [-0.3, -0.25) is 29.9 Å². The van der Waals surface area contributed by atoms with Crippen LogP contribution in [0.2, 0.25) is 0 Å². The van der Waals surface area contributed by atoms with E-state index in [2.05, 4.69) is 5.43 Å². The fourth-order valence-electron chi connectivity index (χ4n) is 2.90. The number of carbonyl (C=O) groups is 3. The van der Waals surface area contributed by atoms with E-state index in [-0.39, 0.29) is 11.3 Å². The Morgan fingerprint density at radius 1 is 1.13 bits per heavy atom. The molecule has 1 aromatic carbocycles. The van der Waals surface area contributed by atoms with Crippen LogP contribution < -0.4 is 5.43 Å². The van der Waals surface area contributed by atoms with Crippen molar-refractivity contribution in [2.45, 2.75) is 12.8 Å². The van der Waals surface area contributed by atoms with E-state index in [0.717, 1.165) is 0 Å². The predicted octanol–water partition coefficient (Wildman–Crippen LogP) is 1.19. The smallest absolute Gasteiger partial charge is 0.272 e. The molecule has 1 aliphatic carbocycles. The van der Waals surface area contributed by atoms with E-state index in [4.69, 9.17) is 0 Å². The zero-order chi connectivity index (χ0) is 16.6. The van der Waals surface area contributed by atoms with Gasteiger partial charge in [0.2, 0.25) is 0 Å². The number of imide groups is 1. The highest BCUT2D eigenvalue weighted by molar-refractivity contribution is 6.08. The van der Waals surface area contributed by atoms with Crippen LogP contribution in [0.1, 0.15) is 23.2 Å². The maximum Gasteiger partial charge on any atom is 0.282 e. The average molecular weight is 315 g/mol. The number of hydrazine groups is 1. The molecule has 0 saturated carbocycles. The molecule has 2 atom stereocenters. The molecule has 0 unspecified atom stereocenters. The highest BCUT2D eigenvalue weighted by Gasteiger charge is 2.48. The monoisotopic (exact) mass is 315 g/mol. The lowest BCUT2D eigenvalue weighted by Gasteiger charge is -2.15. The van der Waals surface area contributed by atoms with Crippen molar-refractivity contribution >= 4 is 23.4 Å². The summed E-state index contributed by atoms with van der Waals surface area (Å²) in [6.07, 6.45) is 4.57. The number of hydrogen-bond acceptors (Lipinski definition) is 5. The van der Waals surface area contributed by atoms with E-state index >= 15 is 0 Å². The van der Waals surface area contributed by atoms with Crippen molar-refractivity contribution in [3.63, 3.8) is 0 Å². The summed E-state index contributed by atoms with van der Waals surface area (Å²) in [6, 6.07) is 5.36. The van der Waals surface area contributed by atoms with Crippen molar-refractivity contribution in [2.75, 3.05) is 0 Å². The number of nitro benzene ring substituents is 1. The Bertz CT molecular complexity index is 716. The highest BCUT2D eigenvalue weighted by atomic mass is 16.6. The van der Waals surface area contributed by atoms with Gasteiger partial charge in [0.05, 0.1) is 16.8 Å².